The Morgan fingerprint density at radius 1 is 1.35 bits per heavy atom. The van der Waals surface area contributed by atoms with Crippen molar-refractivity contribution in [1.29, 1.82) is 0 Å². The van der Waals surface area contributed by atoms with Crippen LogP contribution in [0, 0.1) is 0 Å². The average Bonchev–Trinajstić information content (AvgIpc) is 2.35. The van der Waals surface area contributed by atoms with Crippen molar-refractivity contribution < 1.29 is 14.3 Å². The van der Waals surface area contributed by atoms with Crippen LogP contribution in [0.3, 0.4) is 0 Å². The number of ether oxygens (including phenoxy) is 1. The number of nitrogens with one attached hydrogen (secondary N) is 1. The summed E-state index contributed by atoms with van der Waals surface area (Å²) in [7, 11) is 1.53. The van der Waals surface area contributed by atoms with Gasteiger partial charge in [-0.1, -0.05) is 0 Å². The van der Waals surface area contributed by atoms with Crippen molar-refractivity contribution in [3.05, 3.63) is 29.3 Å². The van der Waals surface area contributed by atoms with Crippen LogP contribution in [0.2, 0.25) is 0 Å². The van der Waals surface area contributed by atoms with Gasteiger partial charge in [0.25, 0.3) is 0 Å². The van der Waals surface area contributed by atoms with Crippen LogP contribution in [0.1, 0.15) is 36.7 Å². The molecule has 5 nitrogen and oxygen atoms in total. The molecule has 1 rings (SSSR count). The van der Waals surface area contributed by atoms with Gasteiger partial charge >= 0.3 is 0 Å². The van der Waals surface area contributed by atoms with Crippen LogP contribution < -0.4 is 15.8 Å². The summed E-state index contributed by atoms with van der Waals surface area (Å²) in [6.07, 6.45) is 0.153. The van der Waals surface area contributed by atoms with Gasteiger partial charge in [-0.25, -0.2) is 0 Å². The molecular weight excluding hydrogens is 256 g/mol. The van der Waals surface area contributed by atoms with E-state index in [0.29, 0.717) is 23.4 Å². The lowest BCUT2D eigenvalue weighted by Crippen LogP contribution is -2.45. The molecule has 20 heavy (non-hydrogen) atoms. The molecule has 0 aliphatic carbocycles. The molecule has 0 atom stereocenters. The standard InChI is InChI=1S/C15H22N2O3/c1-10(18)11-5-6-13(20-4)12(7-11)8-14(19)17-9-15(2,3)16/h5-7H,8-9,16H2,1-4H3,(H,17,19). The van der Waals surface area contributed by atoms with Crippen LogP contribution in [0.25, 0.3) is 0 Å². The number of hydrogen-bond acceptors (Lipinski definition) is 4. The molecule has 1 amide bonds. The molecule has 0 heterocycles. The van der Waals surface area contributed by atoms with E-state index in [9.17, 15) is 9.59 Å². The first-order valence-electron chi connectivity index (χ1n) is 6.46. The van der Waals surface area contributed by atoms with E-state index in [1.165, 1.54) is 14.0 Å². The van der Waals surface area contributed by atoms with Gasteiger partial charge in [0.15, 0.2) is 5.78 Å². The monoisotopic (exact) mass is 278 g/mol. The van der Waals surface area contributed by atoms with E-state index >= 15 is 0 Å². The summed E-state index contributed by atoms with van der Waals surface area (Å²) in [5.41, 5.74) is 6.61. The summed E-state index contributed by atoms with van der Waals surface area (Å²) < 4.78 is 5.21. The molecule has 1 aromatic carbocycles. The molecule has 5 heteroatoms. The van der Waals surface area contributed by atoms with E-state index in [2.05, 4.69) is 5.32 Å². The Hall–Kier alpha value is -1.88. The highest BCUT2D eigenvalue weighted by molar-refractivity contribution is 5.94. The molecule has 0 aliphatic heterocycles. The lowest BCUT2D eigenvalue weighted by molar-refractivity contribution is -0.120. The van der Waals surface area contributed by atoms with E-state index in [4.69, 9.17) is 10.5 Å². The van der Waals surface area contributed by atoms with Crippen LogP contribution >= 0.6 is 0 Å². The van der Waals surface area contributed by atoms with Crippen molar-refractivity contribution in [2.75, 3.05) is 13.7 Å². The number of carbonyl (C=O) groups is 2. The Morgan fingerprint density at radius 2 is 2.00 bits per heavy atom. The molecule has 0 bridgehead atoms. The zero-order valence-corrected chi connectivity index (χ0v) is 12.4. The van der Waals surface area contributed by atoms with Crippen LogP contribution in [0.5, 0.6) is 5.75 Å². The number of benzene rings is 1. The van der Waals surface area contributed by atoms with Crippen molar-refractivity contribution >= 4 is 11.7 Å². The first kappa shape index (κ1) is 16.2. The third-order valence-corrected chi connectivity index (χ3v) is 2.78. The van der Waals surface area contributed by atoms with Crippen LogP contribution in [0.4, 0.5) is 0 Å². The van der Waals surface area contributed by atoms with Gasteiger partial charge in [-0.15, -0.1) is 0 Å². The number of amides is 1. The van der Waals surface area contributed by atoms with Crippen molar-refractivity contribution in [3.8, 4) is 5.75 Å². The second-order valence-electron chi connectivity index (χ2n) is 5.52. The average molecular weight is 278 g/mol. The molecule has 0 spiro atoms. The van der Waals surface area contributed by atoms with E-state index in [0.717, 1.165) is 0 Å². The van der Waals surface area contributed by atoms with Crippen molar-refractivity contribution in [2.24, 2.45) is 5.73 Å². The molecule has 0 saturated heterocycles. The summed E-state index contributed by atoms with van der Waals surface area (Å²) in [6, 6.07) is 5.08. The van der Waals surface area contributed by atoms with E-state index in [-0.39, 0.29) is 18.1 Å². The first-order chi connectivity index (χ1) is 9.23. The lowest BCUT2D eigenvalue weighted by Gasteiger charge is -2.19. The first-order valence-corrected chi connectivity index (χ1v) is 6.46. The van der Waals surface area contributed by atoms with Crippen molar-refractivity contribution in [3.63, 3.8) is 0 Å². The largest absolute Gasteiger partial charge is 0.496 e. The molecule has 0 radical (unpaired) electrons. The molecule has 0 saturated carbocycles. The van der Waals surface area contributed by atoms with E-state index < -0.39 is 5.54 Å². The highest BCUT2D eigenvalue weighted by Gasteiger charge is 2.15. The highest BCUT2D eigenvalue weighted by Crippen LogP contribution is 2.20. The van der Waals surface area contributed by atoms with Crippen LogP contribution in [-0.2, 0) is 11.2 Å². The van der Waals surface area contributed by atoms with Crippen LogP contribution in [0.15, 0.2) is 18.2 Å². The quantitative estimate of drug-likeness (QED) is 0.768. The Balaban J connectivity index is 2.82. The summed E-state index contributed by atoms with van der Waals surface area (Å²) in [5.74, 6) is 0.400. The molecule has 0 aliphatic rings. The molecule has 110 valence electrons. The number of nitrogens with two attached hydrogens (primary N) is 1. The van der Waals surface area contributed by atoms with Gasteiger partial charge < -0.3 is 15.8 Å². The fraction of sp³-hybridized carbons (Fsp3) is 0.467. The molecular formula is C15H22N2O3. The number of carbonyl (C=O) groups excluding carboxylic acids is 2. The molecule has 0 fully saturated rings. The summed E-state index contributed by atoms with van der Waals surface area (Å²) in [6.45, 7) is 5.55. The minimum atomic E-state index is -0.457. The summed E-state index contributed by atoms with van der Waals surface area (Å²) in [4.78, 5) is 23.3. The molecule has 0 unspecified atom stereocenters. The fourth-order valence-corrected chi connectivity index (χ4v) is 1.70. The normalized spacial score (nSPS) is 11.1. The van der Waals surface area contributed by atoms with Gasteiger partial charge in [-0.05, 0) is 39.0 Å². The Bertz CT molecular complexity index is 504. The van der Waals surface area contributed by atoms with Gasteiger partial charge in [0.2, 0.25) is 5.91 Å². The molecule has 1 aromatic rings. The number of methoxy groups -OCH3 is 1. The van der Waals surface area contributed by atoms with Gasteiger partial charge in [-0.3, -0.25) is 9.59 Å². The fourth-order valence-electron chi connectivity index (χ4n) is 1.70. The predicted molar refractivity (Wildman–Crippen MR) is 78.0 cm³/mol. The maximum Gasteiger partial charge on any atom is 0.224 e. The second kappa shape index (κ2) is 6.52. The van der Waals surface area contributed by atoms with E-state index in [1.807, 2.05) is 13.8 Å². The smallest absolute Gasteiger partial charge is 0.224 e. The van der Waals surface area contributed by atoms with Gasteiger partial charge in [0.05, 0.1) is 13.5 Å². The zero-order valence-electron chi connectivity index (χ0n) is 12.4. The minimum absolute atomic E-state index is 0.0441. The third kappa shape index (κ3) is 5.01. The van der Waals surface area contributed by atoms with Gasteiger partial charge in [0, 0.05) is 23.2 Å². The second-order valence-corrected chi connectivity index (χ2v) is 5.52. The Labute approximate surface area is 119 Å². The predicted octanol–water partition coefficient (Wildman–Crippen LogP) is 1.29. The van der Waals surface area contributed by atoms with Crippen molar-refractivity contribution in [1.82, 2.24) is 5.32 Å². The lowest BCUT2D eigenvalue weighted by atomic mass is 10.0. The number of rotatable bonds is 6. The van der Waals surface area contributed by atoms with Gasteiger partial charge in [-0.2, -0.15) is 0 Å². The molecule has 3 N–H and O–H groups in total. The van der Waals surface area contributed by atoms with E-state index in [1.54, 1.807) is 18.2 Å². The SMILES string of the molecule is COc1ccc(C(C)=O)cc1CC(=O)NCC(C)(C)N. The van der Waals surface area contributed by atoms with Gasteiger partial charge in [0.1, 0.15) is 5.75 Å². The number of ketones is 1. The Morgan fingerprint density at radius 3 is 2.50 bits per heavy atom. The summed E-state index contributed by atoms with van der Waals surface area (Å²) >= 11 is 0. The third-order valence-electron chi connectivity index (χ3n) is 2.78. The minimum Gasteiger partial charge on any atom is -0.496 e. The maximum atomic E-state index is 11.9. The number of hydrogen-bond donors (Lipinski definition) is 2. The highest BCUT2D eigenvalue weighted by atomic mass is 16.5. The van der Waals surface area contributed by atoms with Crippen LogP contribution in [-0.4, -0.2) is 30.9 Å². The topological polar surface area (TPSA) is 81.4 Å². The Kier molecular flexibility index (Phi) is 5.27. The number of Topliss-reactive ketones (excluding diaryl/α,β-unsaturated/α-hetero) is 1. The summed E-state index contributed by atoms with van der Waals surface area (Å²) in [5, 5.41) is 2.77. The zero-order chi connectivity index (χ0) is 15.3. The molecule has 0 aromatic heterocycles. The van der Waals surface area contributed by atoms with Crippen molar-refractivity contribution in [2.45, 2.75) is 32.7 Å². The maximum absolute atomic E-state index is 11.9.